The molecule has 0 spiro atoms. The third-order valence-electron chi connectivity index (χ3n) is 3.82. The zero-order valence-corrected chi connectivity index (χ0v) is 12.3. The highest BCUT2D eigenvalue weighted by molar-refractivity contribution is 5.91. The van der Waals surface area contributed by atoms with Crippen molar-refractivity contribution >= 4 is 5.91 Å². The van der Waals surface area contributed by atoms with Crippen LogP contribution in [0.25, 0.3) is 0 Å². The molecule has 0 aliphatic carbocycles. The molecule has 1 aliphatic rings. The van der Waals surface area contributed by atoms with Crippen LogP contribution in [0.4, 0.5) is 0 Å². The average Bonchev–Trinajstić information content (AvgIpc) is 2.96. The number of nitrogens with zero attached hydrogens (tertiary/aromatic N) is 2. The van der Waals surface area contributed by atoms with Crippen molar-refractivity contribution in [3.05, 3.63) is 23.7 Å². The molecule has 1 fully saturated rings. The lowest BCUT2D eigenvalue weighted by molar-refractivity contribution is 0.0499. The SMILES string of the molecule is CCc1ccc(C(=O)N2CCN(C[C@@H](O)CC)CC2)o1. The van der Waals surface area contributed by atoms with Crippen LogP contribution in [0, 0.1) is 0 Å². The number of aryl methyl sites for hydroxylation is 1. The molecule has 0 saturated carbocycles. The van der Waals surface area contributed by atoms with E-state index < -0.39 is 0 Å². The molecule has 1 aromatic heterocycles. The topological polar surface area (TPSA) is 56.9 Å². The first-order chi connectivity index (χ1) is 9.63. The minimum Gasteiger partial charge on any atom is -0.456 e. The number of aliphatic hydroxyl groups excluding tert-OH is 1. The number of carbonyl (C=O) groups excluding carboxylic acids is 1. The molecule has 5 heteroatoms. The van der Waals surface area contributed by atoms with Crippen molar-refractivity contribution in [2.45, 2.75) is 32.8 Å². The second-order valence-corrected chi connectivity index (χ2v) is 5.27. The smallest absolute Gasteiger partial charge is 0.289 e. The summed E-state index contributed by atoms with van der Waals surface area (Å²) in [5.41, 5.74) is 0. The molecule has 1 N–H and O–H groups in total. The highest BCUT2D eigenvalue weighted by atomic mass is 16.4. The lowest BCUT2D eigenvalue weighted by Gasteiger charge is -2.35. The summed E-state index contributed by atoms with van der Waals surface area (Å²) in [6.45, 7) is 7.68. The number of furan rings is 1. The van der Waals surface area contributed by atoms with Gasteiger partial charge in [0.15, 0.2) is 5.76 Å². The third kappa shape index (κ3) is 3.61. The number of carbonyl (C=O) groups is 1. The van der Waals surface area contributed by atoms with Crippen molar-refractivity contribution in [3.8, 4) is 0 Å². The van der Waals surface area contributed by atoms with Crippen molar-refractivity contribution in [2.75, 3.05) is 32.7 Å². The van der Waals surface area contributed by atoms with Gasteiger partial charge < -0.3 is 14.4 Å². The van der Waals surface area contributed by atoms with Crippen LogP contribution in [-0.2, 0) is 6.42 Å². The van der Waals surface area contributed by atoms with Gasteiger partial charge in [0.1, 0.15) is 5.76 Å². The zero-order chi connectivity index (χ0) is 14.5. The fourth-order valence-corrected chi connectivity index (χ4v) is 2.40. The monoisotopic (exact) mass is 280 g/mol. The molecule has 1 aromatic rings. The van der Waals surface area contributed by atoms with Gasteiger partial charge in [-0.2, -0.15) is 0 Å². The van der Waals surface area contributed by atoms with Crippen LogP contribution in [0.1, 0.15) is 36.6 Å². The van der Waals surface area contributed by atoms with Crippen LogP contribution in [-0.4, -0.2) is 59.6 Å². The van der Waals surface area contributed by atoms with Gasteiger partial charge in [-0.25, -0.2) is 0 Å². The first-order valence-corrected chi connectivity index (χ1v) is 7.42. The molecule has 5 nitrogen and oxygen atoms in total. The summed E-state index contributed by atoms with van der Waals surface area (Å²) in [7, 11) is 0. The number of piperazine rings is 1. The van der Waals surface area contributed by atoms with E-state index >= 15 is 0 Å². The molecular weight excluding hydrogens is 256 g/mol. The van der Waals surface area contributed by atoms with Gasteiger partial charge in [0.2, 0.25) is 0 Å². The molecule has 2 heterocycles. The minimum absolute atomic E-state index is 0.0274. The Balaban J connectivity index is 1.85. The summed E-state index contributed by atoms with van der Waals surface area (Å²) >= 11 is 0. The highest BCUT2D eigenvalue weighted by Crippen LogP contribution is 2.13. The molecule has 1 amide bonds. The van der Waals surface area contributed by atoms with Gasteiger partial charge in [0.05, 0.1) is 6.10 Å². The van der Waals surface area contributed by atoms with E-state index in [-0.39, 0.29) is 12.0 Å². The van der Waals surface area contributed by atoms with Crippen LogP contribution in [0.3, 0.4) is 0 Å². The van der Waals surface area contributed by atoms with Crippen LogP contribution >= 0.6 is 0 Å². The predicted molar refractivity (Wildman–Crippen MR) is 76.7 cm³/mol. The van der Waals surface area contributed by atoms with Crippen molar-refractivity contribution < 1.29 is 14.3 Å². The van der Waals surface area contributed by atoms with Crippen LogP contribution in [0.2, 0.25) is 0 Å². The van der Waals surface area contributed by atoms with E-state index in [1.807, 2.05) is 24.8 Å². The second kappa shape index (κ2) is 6.90. The Kier molecular flexibility index (Phi) is 5.20. The molecule has 112 valence electrons. The number of β-amino-alcohol motifs (C(OH)–C–C–N with tert-alkyl or cyclic N) is 1. The average molecular weight is 280 g/mol. The summed E-state index contributed by atoms with van der Waals surface area (Å²) < 4.78 is 5.51. The molecule has 0 bridgehead atoms. The van der Waals surface area contributed by atoms with E-state index in [2.05, 4.69) is 4.90 Å². The van der Waals surface area contributed by atoms with Crippen LogP contribution in [0.5, 0.6) is 0 Å². The first kappa shape index (κ1) is 15.1. The van der Waals surface area contributed by atoms with E-state index in [1.165, 1.54) is 0 Å². The molecule has 1 saturated heterocycles. The molecule has 0 radical (unpaired) electrons. The number of rotatable bonds is 5. The molecular formula is C15H24N2O3. The van der Waals surface area contributed by atoms with E-state index in [4.69, 9.17) is 4.42 Å². The number of hydrogen-bond acceptors (Lipinski definition) is 4. The number of hydrogen-bond donors (Lipinski definition) is 1. The summed E-state index contributed by atoms with van der Waals surface area (Å²) in [5.74, 6) is 1.25. The Labute approximate surface area is 120 Å². The standard InChI is InChI=1S/C15H24N2O3/c1-3-12(18)11-16-7-9-17(10-8-16)15(19)14-6-5-13(4-2)20-14/h5-6,12,18H,3-4,7-11H2,1-2H3/t12-/m0/s1. The van der Waals surface area contributed by atoms with E-state index in [9.17, 15) is 9.90 Å². The van der Waals surface area contributed by atoms with Crippen LogP contribution in [0.15, 0.2) is 16.5 Å². The number of aliphatic hydroxyl groups is 1. The zero-order valence-electron chi connectivity index (χ0n) is 12.3. The highest BCUT2D eigenvalue weighted by Gasteiger charge is 2.24. The van der Waals surface area contributed by atoms with Gasteiger partial charge in [-0.15, -0.1) is 0 Å². The van der Waals surface area contributed by atoms with E-state index in [0.29, 0.717) is 25.4 Å². The van der Waals surface area contributed by atoms with Crippen LogP contribution < -0.4 is 0 Å². The normalized spacial score (nSPS) is 18.2. The maximum absolute atomic E-state index is 12.3. The van der Waals surface area contributed by atoms with Gasteiger partial charge in [-0.3, -0.25) is 9.69 Å². The van der Waals surface area contributed by atoms with Crippen molar-refractivity contribution in [3.63, 3.8) is 0 Å². The summed E-state index contributed by atoms with van der Waals surface area (Å²) in [6.07, 6.45) is 1.30. The Morgan fingerprint density at radius 1 is 1.30 bits per heavy atom. The van der Waals surface area contributed by atoms with Crippen molar-refractivity contribution in [1.82, 2.24) is 9.80 Å². The Bertz CT molecular complexity index is 436. The van der Waals surface area contributed by atoms with Gasteiger partial charge in [0, 0.05) is 39.1 Å². The Morgan fingerprint density at radius 3 is 2.55 bits per heavy atom. The fraction of sp³-hybridized carbons (Fsp3) is 0.667. The van der Waals surface area contributed by atoms with E-state index in [0.717, 1.165) is 31.7 Å². The minimum atomic E-state index is -0.269. The lowest BCUT2D eigenvalue weighted by Crippen LogP contribution is -2.50. The molecule has 1 aliphatic heterocycles. The van der Waals surface area contributed by atoms with Crippen molar-refractivity contribution in [1.29, 1.82) is 0 Å². The molecule has 20 heavy (non-hydrogen) atoms. The molecule has 0 unspecified atom stereocenters. The summed E-state index contributed by atoms with van der Waals surface area (Å²) in [6, 6.07) is 3.62. The number of amides is 1. The maximum atomic E-state index is 12.3. The Hall–Kier alpha value is -1.33. The second-order valence-electron chi connectivity index (χ2n) is 5.27. The largest absolute Gasteiger partial charge is 0.456 e. The summed E-state index contributed by atoms with van der Waals surface area (Å²) in [5, 5.41) is 9.66. The maximum Gasteiger partial charge on any atom is 0.289 e. The lowest BCUT2D eigenvalue weighted by atomic mass is 10.2. The molecule has 2 rings (SSSR count). The van der Waals surface area contributed by atoms with Gasteiger partial charge in [-0.05, 0) is 18.6 Å². The quantitative estimate of drug-likeness (QED) is 0.885. The van der Waals surface area contributed by atoms with E-state index in [1.54, 1.807) is 6.07 Å². The van der Waals surface area contributed by atoms with Gasteiger partial charge >= 0.3 is 0 Å². The Morgan fingerprint density at radius 2 is 2.00 bits per heavy atom. The van der Waals surface area contributed by atoms with Crippen molar-refractivity contribution in [2.24, 2.45) is 0 Å². The van der Waals surface area contributed by atoms with Gasteiger partial charge in [0.25, 0.3) is 5.91 Å². The fourth-order valence-electron chi connectivity index (χ4n) is 2.40. The predicted octanol–water partition coefficient (Wildman–Crippen LogP) is 1.37. The summed E-state index contributed by atoms with van der Waals surface area (Å²) in [4.78, 5) is 16.3. The first-order valence-electron chi connectivity index (χ1n) is 7.42. The van der Waals surface area contributed by atoms with Gasteiger partial charge in [-0.1, -0.05) is 13.8 Å². The molecule has 0 aromatic carbocycles. The third-order valence-corrected chi connectivity index (χ3v) is 3.82. The molecule has 1 atom stereocenters.